The van der Waals surface area contributed by atoms with Crippen LogP contribution in [0.4, 0.5) is 0 Å². The number of hydrogen-bond acceptors (Lipinski definition) is 3. The minimum absolute atomic E-state index is 0.00570. The van der Waals surface area contributed by atoms with E-state index in [2.05, 4.69) is 54.6 Å². The number of fused-ring (bicyclic) bond motifs is 1. The van der Waals surface area contributed by atoms with Gasteiger partial charge in [-0.1, -0.05) is 67.8 Å². The predicted octanol–water partition coefficient (Wildman–Crippen LogP) is 5.85. The molecule has 3 aromatic rings. The van der Waals surface area contributed by atoms with Gasteiger partial charge in [0.2, 0.25) is 0 Å². The maximum absolute atomic E-state index is 13.9. The van der Waals surface area contributed by atoms with E-state index in [0.29, 0.717) is 5.92 Å². The third-order valence-corrected chi connectivity index (χ3v) is 7.81. The second-order valence-corrected chi connectivity index (χ2v) is 9.76. The minimum atomic E-state index is -0.0728. The van der Waals surface area contributed by atoms with Crippen molar-refractivity contribution in [3.8, 4) is 0 Å². The summed E-state index contributed by atoms with van der Waals surface area (Å²) in [6.07, 6.45) is 8.16. The highest BCUT2D eigenvalue weighted by Crippen LogP contribution is 2.44. The summed E-state index contributed by atoms with van der Waals surface area (Å²) >= 11 is 0. The molecule has 0 spiro atoms. The van der Waals surface area contributed by atoms with Crippen LogP contribution in [0.3, 0.4) is 0 Å². The molecule has 4 nitrogen and oxygen atoms in total. The van der Waals surface area contributed by atoms with Crippen molar-refractivity contribution in [1.29, 1.82) is 0 Å². The van der Waals surface area contributed by atoms with E-state index in [1.165, 1.54) is 37.7 Å². The molecule has 5 rings (SSSR count). The number of likely N-dealkylation sites (N-methyl/N-ethyl adjacent to an activating group) is 1. The number of para-hydroxylation sites is 1. The summed E-state index contributed by atoms with van der Waals surface area (Å²) in [5.41, 5.74) is 3.84. The Hall–Kier alpha value is -2.72. The first kappa shape index (κ1) is 21.1. The van der Waals surface area contributed by atoms with Gasteiger partial charge >= 0.3 is 0 Å². The number of amides is 1. The zero-order valence-electron chi connectivity index (χ0n) is 19.2. The molecule has 1 atom stereocenters. The molecule has 0 saturated heterocycles. The molecule has 1 heterocycles. The first-order valence-corrected chi connectivity index (χ1v) is 12.0. The summed E-state index contributed by atoms with van der Waals surface area (Å²) in [4.78, 5) is 21.1. The smallest absolute Gasteiger partial charge is 0.252 e. The lowest BCUT2D eigenvalue weighted by atomic mass is 9.81. The fraction of sp³-hybridized carbons (Fsp3) is 0.429. The largest absolute Gasteiger partial charge is 0.343 e. The van der Waals surface area contributed by atoms with Gasteiger partial charge in [0.15, 0.2) is 0 Å². The predicted molar refractivity (Wildman–Crippen MR) is 130 cm³/mol. The summed E-state index contributed by atoms with van der Waals surface area (Å²) in [6, 6.07) is 20.5. The van der Waals surface area contributed by atoms with Gasteiger partial charge in [-0.2, -0.15) is 0 Å². The summed E-state index contributed by atoms with van der Waals surface area (Å²) < 4.78 is 0. The van der Waals surface area contributed by atoms with Gasteiger partial charge in [-0.25, -0.2) is 0 Å². The second-order valence-electron chi connectivity index (χ2n) is 9.76. The maximum atomic E-state index is 13.9. The molecule has 0 bridgehead atoms. The van der Waals surface area contributed by atoms with Crippen LogP contribution in [0, 0.1) is 0 Å². The van der Waals surface area contributed by atoms with Gasteiger partial charge < -0.3 is 10.2 Å². The monoisotopic (exact) mass is 427 g/mol. The highest BCUT2D eigenvalue weighted by molar-refractivity contribution is 6.06. The zero-order chi connectivity index (χ0) is 22.1. The van der Waals surface area contributed by atoms with Gasteiger partial charge in [-0.15, -0.1) is 0 Å². The first-order valence-electron chi connectivity index (χ1n) is 12.0. The molecule has 2 aromatic carbocycles. The van der Waals surface area contributed by atoms with E-state index in [0.717, 1.165) is 35.0 Å². The average Bonchev–Trinajstić information content (AvgIpc) is 3.27. The quantitative estimate of drug-likeness (QED) is 0.537. The molecular weight excluding hydrogens is 394 g/mol. The van der Waals surface area contributed by atoms with Crippen LogP contribution < -0.4 is 5.32 Å². The van der Waals surface area contributed by atoms with Crippen molar-refractivity contribution < 1.29 is 4.79 Å². The topological polar surface area (TPSA) is 45.2 Å². The number of aromatic nitrogens is 1. The number of pyridine rings is 1. The molecule has 1 unspecified atom stereocenters. The van der Waals surface area contributed by atoms with Crippen molar-refractivity contribution in [2.45, 2.75) is 62.4 Å². The fourth-order valence-corrected chi connectivity index (χ4v) is 5.66. The Morgan fingerprint density at radius 2 is 1.69 bits per heavy atom. The van der Waals surface area contributed by atoms with Crippen LogP contribution >= 0.6 is 0 Å². The van der Waals surface area contributed by atoms with Gasteiger partial charge in [0.25, 0.3) is 5.91 Å². The molecule has 2 aliphatic carbocycles. The molecule has 0 aliphatic heterocycles. The second kappa shape index (κ2) is 8.67. The molecule has 32 heavy (non-hydrogen) atoms. The summed E-state index contributed by atoms with van der Waals surface area (Å²) in [5.74, 6) is 0.491. The van der Waals surface area contributed by atoms with Gasteiger partial charge in [-0.05, 0) is 57.5 Å². The number of nitrogens with zero attached hydrogens (tertiary/aromatic N) is 2. The Morgan fingerprint density at radius 1 is 1.00 bits per heavy atom. The number of carbonyl (C=O) groups excluding carboxylic acids is 1. The van der Waals surface area contributed by atoms with Crippen LogP contribution in [-0.2, 0) is 0 Å². The number of nitrogens with one attached hydrogen (secondary N) is 1. The average molecular weight is 428 g/mol. The first-order chi connectivity index (χ1) is 15.6. The van der Waals surface area contributed by atoms with Crippen LogP contribution in [-0.4, -0.2) is 35.4 Å². The third-order valence-electron chi connectivity index (χ3n) is 7.81. The van der Waals surface area contributed by atoms with Crippen LogP contribution in [0.15, 0.2) is 60.7 Å². The number of hydrogen-bond donors (Lipinski definition) is 1. The normalized spacial score (nSPS) is 19.1. The van der Waals surface area contributed by atoms with Crippen molar-refractivity contribution in [3.63, 3.8) is 0 Å². The lowest BCUT2D eigenvalue weighted by molar-refractivity contribution is 0.0767. The SMILES string of the molecule is CN(C)C1(C(NC(=O)c2cc(C3CCC3)nc3ccccc23)c2ccccc2)CCCC1. The number of carbonyl (C=O) groups is 1. The van der Waals surface area contributed by atoms with Gasteiger partial charge in [0, 0.05) is 22.5 Å². The highest BCUT2D eigenvalue weighted by atomic mass is 16.1. The van der Waals surface area contributed by atoms with Crippen LogP contribution in [0.5, 0.6) is 0 Å². The van der Waals surface area contributed by atoms with Crippen LogP contribution in [0.2, 0.25) is 0 Å². The van der Waals surface area contributed by atoms with E-state index in [-0.39, 0.29) is 17.5 Å². The van der Waals surface area contributed by atoms with Crippen molar-refractivity contribution in [2.24, 2.45) is 0 Å². The van der Waals surface area contributed by atoms with E-state index < -0.39 is 0 Å². The molecule has 1 amide bonds. The van der Waals surface area contributed by atoms with Crippen molar-refractivity contribution in [3.05, 3.63) is 77.5 Å². The maximum Gasteiger partial charge on any atom is 0.252 e. The Kier molecular flexibility index (Phi) is 5.73. The zero-order valence-corrected chi connectivity index (χ0v) is 19.2. The van der Waals surface area contributed by atoms with Crippen molar-refractivity contribution in [2.75, 3.05) is 14.1 Å². The van der Waals surface area contributed by atoms with Gasteiger partial charge in [0.1, 0.15) is 0 Å². The standard InChI is InChI=1S/C28H33N3O/c1-31(2)28(17-8-9-18-28)26(21-11-4-3-5-12-21)30-27(32)23-19-25(20-13-10-14-20)29-24-16-7-6-15-22(23)24/h3-7,11-12,15-16,19-20,26H,8-10,13-14,17-18H2,1-2H3,(H,30,32). The fourth-order valence-electron chi connectivity index (χ4n) is 5.66. The molecule has 2 fully saturated rings. The number of rotatable bonds is 6. The van der Waals surface area contributed by atoms with Gasteiger partial charge in [0.05, 0.1) is 17.1 Å². The van der Waals surface area contributed by atoms with E-state index in [4.69, 9.17) is 4.98 Å². The molecular formula is C28H33N3O. The molecule has 1 aromatic heterocycles. The van der Waals surface area contributed by atoms with E-state index in [1.807, 2.05) is 30.3 Å². The van der Waals surface area contributed by atoms with E-state index >= 15 is 0 Å². The van der Waals surface area contributed by atoms with E-state index in [9.17, 15) is 4.79 Å². The van der Waals surface area contributed by atoms with Crippen LogP contribution in [0.25, 0.3) is 10.9 Å². The summed E-state index contributed by atoms with van der Waals surface area (Å²) in [6.45, 7) is 0. The van der Waals surface area contributed by atoms with Crippen LogP contribution in [0.1, 0.15) is 78.5 Å². The Labute approximate surface area is 191 Å². The number of benzene rings is 2. The Balaban J connectivity index is 1.56. The molecule has 0 radical (unpaired) electrons. The lowest BCUT2D eigenvalue weighted by Crippen LogP contribution is -2.53. The minimum Gasteiger partial charge on any atom is -0.343 e. The van der Waals surface area contributed by atoms with Gasteiger partial charge in [-0.3, -0.25) is 9.78 Å². The lowest BCUT2D eigenvalue weighted by Gasteiger charge is -2.44. The summed E-state index contributed by atoms with van der Waals surface area (Å²) in [7, 11) is 4.31. The van der Waals surface area contributed by atoms with Crippen molar-refractivity contribution >= 4 is 16.8 Å². The third kappa shape index (κ3) is 3.71. The molecule has 2 saturated carbocycles. The summed E-state index contributed by atoms with van der Waals surface area (Å²) in [5, 5.41) is 4.44. The molecule has 4 heteroatoms. The Morgan fingerprint density at radius 3 is 2.34 bits per heavy atom. The molecule has 166 valence electrons. The van der Waals surface area contributed by atoms with Crippen molar-refractivity contribution in [1.82, 2.24) is 15.2 Å². The Bertz CT molecular complexity index is 1100. The molecule has 2 aliphatic rings. The highest BCUT2D eigenvalue weighted by Gasteiger charge is 2.44. The molecule has 1 N–H and O–H groups in total. The van der Waals surface area contributed by atoms with E-state index in [1.54, 1.807) is 0 Å².